The van der Waals surface area contributed by atoms with Crippen molar-refractivity contribution in [3.8, 4) is 5.69 Å². The number of hydrogen-bond donors (Lipinski definition) is 2. The fourth-order valence-electron chi connectivity index (χ4n) is 3.06. The summed E-state index contributed by atoms with van der Waals surface area (Å²) in [5.41, 5.74) is 3.67. The van der Waals surface area contributed by atoms with E-state index in [2.05, 4.69) is 19.2 Å². The van der Waals surface area contributed by atoms with Crippen molar-refractivity contribution in [2.75, 3.05) is 11.9 Å². The first-order chi connectivity index (χ1) is 11.1. The van der Waals surface area contributed by atoms with Crippen LogP contribution in [-0.2, 0) is 12.8 Å². The first-order valence-electron chi connectivity index (χ1n) is 8.24. The summed E-state index contributed by atoms with van der Waals surface area (Å²) in [7, 11) is 0. The van der Waals surface area contributed by atoms with E-state index in [0.29, 0.717) is 11.5 Å². The summed E-state index contributed by atoms with van der Waals surface area (Å²) >= 11 is 0. The highest BCUT2D eigenvalue weighted by atomic mass is 16.4. The molecule has 1 aliphatic heterocycles. The second kappa shape index (κ2) is 6.44. The van der Waals surface area contributed by atoms with Gasteiger partial charge in [-0.3, -0.25) is 0 Å². The molecular formula is C18H23N3O2. The lowest BCUT2D eigenvalue weighted by Gasteiger charge is -2.09. The number of nitrogens with one attached hydrogen (secondary N) is 1. The lowest BCUT2D eigenvalue weighted by Crippen LogP contribution is -2.07. The Balaban J connectivity index is 2.04. The van der Waals surface area contributed by atoms with Gasteiger partial charge >= 0.3 is 5.97 Å². The first-order valence-corrected chi connectivity index (χ1v) is 8.24. The molecule has 3 rings (SSSR count). The standard InChI is InChI=1S/C18H23N3O2/c1-12(2)11-16-15-5-3-4-10-19-17(15)21(20-16)14-8-6-13(7-9-14)18(22)23/h6-9,12,19H,3-5,10-11H2,1-2H3,(H,22,23). The van der Waals surface area contributed by atoms with Gasteiger partial charge in [0, 0.05) is 12.1 Å². The molecule has 2 heterocycles. The molecule has 0 amide bonds. The molecule has 23 heavy (non-hydrogen) atoms. The van der Waals surface area contributed by atoms with Gasteiger partial charge < -0.3 is 10.4 Å². The number of anilines is 1. The molecule has 0 saturated carbocycles. The van der Waals surface area contributed by atoms with E-state index in [9.17, 15) is 4.79 Å². The predicted molar refractivity (Wildman–Crippen MR) is 90.5 cm³/mol. The smallest absolute Gasteiger partial charge is 0.335 e. The Morgan fingerprint density at radius 2 is 2.04 bits per heavy atom. The molecule has 0 bridgehead atoms. The van der Waals surface area contributed by atoms with Gasteiger partial charge in [-0.1, -0.05) is 13.8 Å². The highest BCUT2D eigenvalue weighted by molar-refractivity contribution is 5.87. The van der Waals surface area contributed by atoms with E-state index in [1.54, 1.807) is 12.1 Å². The molecule has 0 radical (unpaired) electrons. The average molecular weight is 313 g/mol. The minimum atomic E-state index is -0.908. The quantitative estimate of drug-likeness (QED) is 0.906. The molecule has 5 nitrogen and oxygen atoms in total. The predicted octanol–water partition coefficient (Wildman–Crippen LogP) is 3.52. The molecule has 2 N–H and O–H groups in total. The Morgan fingerprint density at radius 1 is 1.30 bits per heavy atom. The van der Waals surface area contributed by atoms with Crippen LogP contribution in [0.1, 0.15) is 48.3 Å². The molecule has 2 aromatic rings. The van der Waals surface area contributed by atoms with E-state index in [1.165, 1.54) is 12.0 Å². The van der Waals surface area contributed by atoms with Gasteiger partial charge in [-0.2, -0.15) is 5.10 Å². The largest absolute Gasteiger partial charge is 0.478 e. The number of carbonyl (C=O) groups is 1. The van der Waals surface area contributed by atoms with Crippen LogP contribution in [-0.4, -0.2) is 27.4 Å². The third kappa shape index (κ3) is 3.23. The summed E-state index contributed by atoms with van der Waals surface area (Å²) in [5, 5.41) is 17.4. The molecule has 1 aliphatic rings. The molecule has 0 atom stereocenters. The number of aromatic nitrogens is 2. The maximum absolute atomic E-state index is 11.0. The lowest BCUT2D eigenvalue weighted by molar-refractivity contribution is 0.0697. The van der Waals surface area contributed by atoms with Crippen LogP contribution in [0.4, 0.5) is 5.82 Å². The molecule has 0 aliphatic carbocycles. The number of carboxylic acids is 1. The molecular weight excluding hydrogens is 290 g/mol. The summed E-state index contributed by atoms with van der Waals surface area (Å²) in [4.78, 5) is 11.0. The van der Waals surface area contributed by atoms with Crippen molar-refractivity contribution in [2.45, 2.75) is 39.5 Å². The maximum Gasteiger partial charge on any atom is 0.335 e. The van der Waals surface area contributed by atoms with Crippen molar-refractivity contribution in [3.63, 3.8) is 0 Å². The minimum Gasteiger partial charge on any atom is -0.478 e. The van der Waals surface area contributed by atoms with E-state index in [0.717, 1.165) is 43.0 Å². The van der Waals surface area contributed by atoms with Crippen molar-refractivity contribution in [1.82, 2.24) is 9.78 Å². The summed E-state index contributed by atoms with van der Waals surface area (Å²) in [5.74, 6) is 0.718. The molecule has 0 fully saturated rings. The first kappa shape index (κ1) is 15.6. The molecule has 0 unspecified atom stereocenters. The zero-order chi connectivity index (χ0) is 16.4. The Morgan fingerprint density at radius 3 is 2.70 bits per heavy atom. The van der Waals surface area contributed by atoms with Crippen LogP contribution in [0.2, 0.25) is 0 Å². The molecule has 122 valence electrons. The zero-order valence-electron chi connectivity index (χ0n) is 13.7. The van der Waals surface area contributed by atoms with Crippen molar-refractivity contribution in [2.24, 2.45) is 5.92 Å². The highest BCUT2D eigenvalue weighted by Gasteiger charge is 2.21. The van der Waals surface area contributed by atoms with E-state index < -0.39 is 5.97 Å². The summed E-state index contributed by atoms with van der Waals surface area (Å²) in [6.07, 6.45) is 4.35. The third-order valence-corrected chi connectivity index (χ3v) is 4.17. The second-order valence-electron chi connectivity index (χ2n) is 6.52. The van der Waals surface area contributed by atoms with Crippen LogP contribution in [0.15, 0.2) is 24.3 Å². The zero-order valence-corrected chi connectivity index (χ0v) is 13.7. The molecule has 1 aromatic carbocycles. The van der Waals surface area contributed by atoms with Gasteiger partial charge in [0.05, 0.1) is 16.9 Å². The SMILES string of the molecule is CC(C)Cc1nn(-c2ccc(C(=O)O)cc2)c2c1CCCCN2. The summed E-state index contributed by atoms with van der Waals surface area (Å²) < 4.78 is 1.93. The van der Waals surface area contributed by atoms with Gasteiger partial charge in [0.15, 0.2) is 0 Å². The Hall–Kier alpha value is -2.30. The number of fused-ring (bicyclic) bond motifs is 1. The number of carboxylic acid groups (broad SMARTS) is 1. The minimum absolute atomic E-state index is 0.294. The molecule has 5 heteroatoms. The van der Waals surface area contributed by atoms with Gasteiger partial charge in [-0.05, 0) is 55.9 Å². The fraction of sp³-hybridized carbons (Fsp3) is 0.444. The van der Waals surface area contributed by atoms with Gasteiger partial charge in [0.2, 0.25) is 0 Å². The van der Waals surface area contributed by atoms with Crippen LogP contribution in [0.3, 0.4) is 0 Å². The maximum atomic E-state index is 11.0. The summed E-state index contributed by atoms with van der Waals surface area (Å²) in [6, 6.07) is 6.90. The topological polar surface area (TPSA) is 67.2 Å². The Bertz CT molecular complexity index is 702. The number of rotatable bonds is 4. The summed E-state index contributed by atoms with van der Waals surface area (Å²) in [6.45, 7) is 5.36. The van der Waals surface area contributed by atoms with Crippen molar-refractivity contribution in [1.29, 1.82) is 0 Å². The monoisotopic (exact) mass is 313 g/mol. The van der Waals surface area contributed by atoms with Crippen LogP contribution >= 0.6 is 0 Å². The average Bonchev–Trinajstić information content (AvgIpc) is 2.71. The second-order valence-corrected chi connectivity index (χ2v) is 6.52. The number of hydrogen-bond acceptors (Lipinski definition) is 3. The molecule has 0 spiro atoms. The number of nitrogens with zero attached hydrogens (tertiary/aromatic N) is 2. The molecule has 0 saturated heterocycles. The molecule has 1 aromatic heterocycles. The van der Waals surface area contributed by atoms with Crippen molar-refractivity contribution >= 4 is 11.8 Å². The number of aromatic carboxylic acids is 1. The van der Waals surface area contributed by atoms with E-state index in [1.807, 2.05) is 16.8 Å². The number of benzene rings is 1. The van der Waals surface area contributed by atoms with Gasteiger partial charge in [-0.15, -0.1) is 0 Å². The van der Waals surface area contributed by atoms with E-state index in [4.69, 9.17) is 10.2 Å². The van der Waals surface area contributed by atoms with Crippen molar-refractivity contribution in [3.05, 3.63) is 41.1 Å². The fourth-order valence-corrected chi connectivity index (χ4v) is 3.06. The van der Waals surface area contributed by atoms with E-state index in [-0.39, 0.29) is 0 Å². The third-order valence-electron chi connectivity index (χ3n) is 4.17. The van der Waals surface area contributed by atoms with Crippen LogP contribution < -0.4 is 5.32 Å². The van der Waals surface area contributed by atoms with Crippen molar-refractivity contribution < 1.29 is 9.90 Å². The van der Waals surface area contributed by atoms with Crippen LogP contribution in [0.5, 0.6) is 0 Å². The normalized spacial score (nSPS) is 14.2. The van der Waals surface area contributed by atoms with Gasteiger partial charge in [0.1, 0.15) is 5.82 Å². The van der Waals surface area contributed by atoms with Crippen LogP contribution in [0.25, 0.3) is 5.69 Å². The Labute approximate surface area is 136 Å². The van der Waals surface area contributed by atoms with Crippen LogP contribution in [0, 0.1) is 5.92 Å². The van der Waals surface area contributed by atoms with Gasteiger partial charge in [-0.25, -0.2) is 9.48 Å². The highest BCUT2D eigenvalue weighted by Crippen LogP contribution is 2.29. The lowest BCUT2D eigenvalue weighted by atomic mass is 10.0. The van der Waals surface area contributed by atoms with E-state index >= 15 is 0 Å². The van der Waals surface area contributed by atoms with Gasteiger partial charge in [0.25, 0.3) is 0 Å². The Kier molecular flexibility index (Phi) is 4.37.